The highest BCUT2D eigenvalue weighted by molar-refractivity contribution is 5.77. The van der Waals surface area contributed by atoms with Gasteiger partial charge in [0, 0.05) is 0 Å². The maximum atomic E-state index is 10.5. The molecule has 2 rings (SSSR count). The average Bonchev–Trinajstić information content (AvgIpc) is 2.61. The monoisotopic (exact) mass is 150 g/mol. The van der Waals surface area contributed by atoms with Crippen LogP contribution in [0.25, 0.3) is 0 Å². The SMILES string of the molecule is CC(C)[C@@]12CC=C(C=O)[C@@H]1C2. The Kier molecular flexibility index (Phi) is 1.26. The van der Waals surface area contributed by atoms with Crippen molar-refractivity contribution >= 4 is 6.29 Å². The highest BCUT2D eigenvalue weighted by atomic mass is 16.1. The Morgan fingerprint density at radius 2 is 2.45 bits per heavy atom. The number of carbonyl (C=O) groups is 1. The van der Waals surface area contributed by atoms with Gasteiger partial charge >= 0.3 is 0 Å². The van der Waals surface area contributed by atoms with Crippen molar-refractivity contribution in [1.82, 2.24) is 0 Å². The summed E-state index contributed by atoms with van der Waals surface area (Å²) in [5, 5.41) is 0. The first-order chi connectivity index (χ1) is 5.20. The van der Waals surface area contributed by atoms with Gasteiger partial charge in [-0.25, -0.2) is 0 Å². The summed E-state index contributed by atoms with van der Waals surface area (Å²) in [6.07, 6.45) is 5.57. The van der Waals surface area contributed by atoms with Crippen molar-refractivity contribution in [3.63, 3.8) is 0 Å². The summed E-state index contributed by atoms with van der Waals surface area (Å²) in [6, 6.07) is 0. The number of aldehydes is 1. The molecule has 0 N–H and O–H groups in total. The summed E-state index contributed by atoms with van der Waals surface area (Å²) in [7, 11) is 0. The van der Waals surface area contributed by atoms with Crippen LogP contribution in [-0.4, -0.2) is 6.29 Å². The van der Waals surface area contributed by atoms with Crippen molar-refractivity contribution in [2.24, 2.45) is 17.3 Å². The van der Waals surface area contributed by atoms with Gasteiger partial charge in [-0.1, -0.05) is 19.9 Å². The molecule has 0 spiro atoms. The van der Waals surface area contributed by atoms with Gasteiger partial charge in [-0.05, 0) is 35.7 Å². The molecule has 2 atom stereocenters. The smallest absolute Gasteiger partial charge is 0.146 e. The van der Waals surface area contributed by atoms with Gasteiger partial charge in [0.05, 0.1) is 0 Å². The van der Waals surface area contributed by atoms with E-state index < -0.39 is 0 Å². The minimum Gasteiger partial charge on any atom is -0.298 e. The van der Waals surface area contributed by atoms with Crippen LogP contribution in [0.4, 0.5) is 0 Å². The first-order valence-electron chi connectivity index (χ1n) is 4.36. The molecule has 0 aromatic carbocycles. The molecule has 60 valence electrons. The third kappa shape index (κ3) is 0.741. The second-order valence-electron chi connectivity index (χ2n) is 4.17. The van der Waals surface area contributed by atoms with Gasteiger partial charge < -0.3 is 0 Å². The molecule has 0 unspecified atom stereocenters. The maximum absolute atomic E-state index is 10.5. The van der Waals surface area contributed by atoms with Crippen molar-refractivity contribution in [2.45, 2.75) is 26.7 Å². The van der Waals surface area contributed by atoms with E-state index in [2.05, 4.69) is 19.9 Å². The van der Waals surface area contributed by atoms with E-state index in [0.717, 1.165) is 24.2 Å². The molecular formula is C10H14O. The van der Waals surface area contributed by atoms with Crippen molar-refractivity contribution in [1.29, 1.82) is 0 Å². The van der Waals surface area contributed by atoms with E-state index in [1.165, 1.54) is 6.42 Å². The lowest BCUT2D eigenvalue weighted by Gasteiger charge is -2.15. The van der Waals surface area contributed by atoms with Crippen molar-refractivity contribution in [3.05, 3.63) is 11.6 Å². The van der Waals surface area contributed by atoms with E-state index in [1.54, 1.807) is 0 Å². The molecule has 0 aliphatic heterocycles. The van der Waals surface area contributed by atoms with Crippen LogP contribution in [0.2, 0.25) is 0 Å². The van der Waals surface area contributed by atoms with Crippen LogP contribution >= 0.6 is 0 Å². The molecule has 0 radical (unpaired) electrons. The van der Waals surface area contributed by atoms with Crippen LogP contribution < -0.4 is 0 Å². The summed E-state index contributed by atoms with van der Waals surface area (Å²) in [6.45, 7) is 4.53. The molecule has 11 heavy (non-hydrogen) atoms. The van der Waals surface area contributed by atoms with Crippen LogP contribution in [0.3, 0.4) is 0 Å². The summed E-state index contributed by atoms with van der Waals surface area (Å²) in [5.41, 5.74) is 1.58. The quantitative estimate of drug-likeness (QED) is 0.551. The van der Waals surface area contributed by atoms with Crippen LogP contribution in [0.1, 0.15) is 26.7 Å². The number of hydrogen-bond acceptors (Lipinski definition) is 1. The zero-order valence-corrected chi connectivity index (χ0v) is 7.13. The van der Waals surface area contributed by atoms with E-state index in [-0.39, 0.29) is 0 Å². The van der Waals surface area contributed by atoms with Gasteiger partial charge in [-0.2, -0.15) is 0 Å². The Labute approximate surface area is 67.5 Å². The average molecular weight is 150 g/mol. The molecule has 0 aromatic rings. The lowest BCUT2D eigenvalue weighted by atomic mass is 9.89. The summed E-state index contributed by atoms with van der Waals surface area (Å²) in [5.74, 6) is 1.36. The van der Waals surface area contributed by atoms with E-state index in [9.17, 15) is 4.79 Å². The molecule has 0 saturated heterocycles. The molecule has 0 bridgehead atoms. The largest absolute Gasteiger partial charge is 0.298 e. The Morgan fingerprint density at radius 3 is 2.73 bits per heavy atom. The van der Waals surface area contributed by atoms with Gasteiger partial charge in [0.25, 0.3) is 0 Å². The minimum absolute atomic E-state index is 0.510. The first kappa shape index (κ1) is 7.08. The van der Waals surface area contributed by atoms with E-state index in [1.807, 2.05) is 0 Å². The van der Waals surface area contributed by atoms with E-state index >= 15 is 0 Å². The Balaban J connectivity index is 2.16. The fourth-order valence-corrected chi connectivity index (χ4v) is 2.45. The van der Waals surface area contributed by atoms with E-state index in [0.29, 0.717) is 11.3 Å². The van der Waals surface area contributed by atoms with Gasteiger partial charge in [-0.3, -0.25) is 4.79 Å². The van der Waals surface area contributed by atoms with Crippen LogP contribution in [0.5, 0.6) is 0 Å². The maximum Gasteiger partial charge on any atom is 0.146 e. The zero-order valence-electron chi connectivity index (χ0n) is 7.13. The van der Waals surface area contributed by atoms with Crippen LogP contribution in [0, 0.1) is 17.3 Å². The Morgan fingerprint density at radius 1 is 1.73 bits per heavy atom. The normalized spacial score (nSPS) is 40.3. The molecule has 0 heterocycles. The second kappa shape index (κ2) is 1.96. The summed E-state index contributed by atoms with van der Waals surface area (Å²) in [4.78, 5) is 10.5. The molecular weight excluding hydrogens is 136 g/mol. The summed E-state index contributed by atoms with van der Waals surface area (Å²) >= 11 is 0. The molecule has 0 amide bonds. The third-order valence-corrected chi connectivity index (χ3v) is 3.52. The molecule has 2 aliphatic rings. The Bertz CT molecular complexity index is 227. The van der Waals surface area contributed by atoms with Crippen molar-refractivity contribution in [2.75, 3.05) is 0 Å². The first-order valence-corrected chi connectivity index (χ1v) is 4.36. The van der Waals surface area contributed by atoms with Gasteiger partial charge in [0.1, 0.15) is 6.29 Å². The van der Waals surface area contributed by atoms with Crippen molar-refractivity contribution in [3.8, 4) is 0 Å². The van der Waals surface area contributed by atoms with E-state index in [4.69, 9.17) is 0 Å². The lowest BCUT2D eigenvalue weighted by molar-refractivity contribution is -0.105. The lowest BCUT2D eigenvalue weighted by Crippen LogP contribution is -2.08. The van der Waals surface area contributed by atoms with Gasteiger partial charge in [0.2, 0.25) is 0 Å². The molecule has 1 nitrogen and oxygen atoms in total. The predicted molar refractivity (Wildman–Crippen MR) is 44.1 cm³/mol. The number of carbonyl (C=O) groups excluding carboxylic acids is 1. The van der Waals surface area contributed by atoms with Gasteiger partial charge in [0.15, 0.2) is 0 Å². The molecule has 1 fully saturated rings. The van der Waals surface area contributed by atoms with Crippen LogP contribution in [-0.2, 0) is 4.79 Å². The minimum atomic E-state index is 0.510. The number of fused-ring (bicyclic) bond motifs is 1. The van der Waals surface area contributed by atoms with Gasteiger partial charge in [-0.15, -0.1) is 0 Å². The number of allylic oxidation sites excluding steroid dienone is 2. The third-order valence-electron chi connectivity index (χ3n) is 3.52. The predicted octanol–water partition coefficient (Wildman–Crippen LogP) is 2.18. The summed E-state index contributed by atoms with van der Waals surface area (Å²) < 4.78 is 0. The highest BCUT2D eigenvalue weighted by Gasteiger charge is 2.59. The zero-order chi connectivity index (χ0) is 8.06. The van der Waals surface area contributed by atoms with Crippen LogP contribution in [0.15, 0.2) is 11.6 Å². The number of rotatable bonds is 2. The molecule has 1 saturated carbocycles. The topological polar surface area (TPSA) is 17.1 Å². The fraction of sp³-hybridized carbons (Fsp3) is 0.700. The Hall–Kier alpha value is -0.590. The standard InChI is InChI=1S/C10H14O/c1-7(2)10-4-3-8(6-11)9(10)5-10/h3,6-7,9H,4-5H2,1-2H3/t9-,10-/m0/s1. The molecule has 0 aromatic heterocycles. The highest BCUT2D eigenvalue weighted by Crippen LogP contribution is 2.66. The van der Waals surface area contributed by atoms with Crippen molar-refractivity contribution < 1.29 is 4.79 Å². The number of hydrogen-bond donors (Lipinski definition) is 0. The molecule has 1 heteroatoms. The fourth-order valence-electron chi connectivity index (χ4n) is 2.45. The second-order valence-corrected chi connectivity index (χ2v) is 4.17. The molecule has 2 aliphatic carbocycles.